The molecule has 6 heteroatoms. The summed E-state index contributed by atoms with van der Waals surface area (Å²) in [5.74, 6) is 0.475. The molecule has 1 aromatic heterocycles. The number of fused-ring (bicyclic) bond motifs is 1. The SMILES string of the molecule is COc1cccc(N2C[C@H](C(=O)Nc3ccc4ccccc4n3)CC2=O)c1. The molecule has 0 saturated carbocycles. The smallest absolute Gasteiger partial charge is 0.230 e. The number of amides is 2. The molecule has 27 heavy (non-hydrogen) atoms. The summed E-state index contributed by atoms with van der Waals surface area (Å²) in [5.41, 5.74) is 1.55. The van der Waals surface area contributed by atoms with E-state index >= 15 is 0 Å². The Morgan fingerprint density at radius 1 is 1.15 bits per heavy atom. The first-order valence-corrected chi connectivity index (χ1v) is 8.75. The number of hydrogen-bond acceptors (Lipinski definition) is 4. The Morgan fingerprint density at radius 2 is 2.00 bits per heavy atom. The van der Waals surface area contributed by atoms with Gasteiger partial charge in [0.2, 0.25) is 11.8 Å². The standard InChI is InChI=1S/C21H19N3O3/c1-27-17-7-4-6-16(12-17)24-13-15(11-20(24)25)21(26)23-19-10-9-14-5-2-3-8-18(14)22-19/h2-10,12,15H,11,13H2,1H3,(H,22,23,26)/t15-/m1/s1. The van der Waals surface area contributed by atoms with Crippen molar-refractivity contribution in [1.29, 1.82) is 0 Å². The van der Waals surface area contributed by atoms with Gasteiger partial charge in [0.1, 0.15) is 11.6 Å². The Labute approximate surface area is 156 Å². The van der Waals surface area contributed by atoms with Crippen molar-refractivity contribution in [3.8, 4) is 5.75 Å². The molecule has 1 aliphatic rings. The maximum absolute atomic E-state index is 12.6. The average Bonchev–Trinajstić information content (AvgIpc) is 3.10. The molecular formula is C21H19N3O3. The Hall–Kier alpha value is -3.41. The number of rotatable bonds is 4. The zero-order valence-electron chi connectivity index (χ0n) is 14.9. The third kappa shape index (κ3) is 3.46. The lowest BCUT2D eigenvalue weighted by atomic mass is 10.1. The molecule has 2 heterocycles. The van der Waals surface area contributed by atoms with Crippen LogP contribution in [0.3, 0.4) is 0 Å². The minimum Gasteiger partial charge on any atom is -0.497 e. The number of pyridine rings is 1. The van der Waals surface area contributed by atoms with Crippen molar-refractivity contribution in [2.75, 3.05) is 23.9 Å². The predicted molar refractivity (Wildman–Crippen MR) is 104 cm³/mol. The van der Waals surface area contributed by atoms with Gasteiger partial charge in [-0.2, -0.15) is 0 Å². The van der Waals surface area contributed by atoms with Crippen molar-refractivity contribution >= 4 is 34.2 Å². The largest absolute Gasteiger partial charge is 0.497 e. The molecule has 0 bridgehead atoms. The summed E-state index contributed by atoms with van der Waals surface area (Å²) >= 11 is 0. The molecule has 0 radical (unpaired) electrons. The molecule has 1 saturated heterocycles. The minimum atomic E-state index is -0.419. The molecule has 2 amide bonds. The normalized spacial score (nSPS) is 16.6. The van der Waals surface area contributed by atoms with Crippen LogP contribution in [0.15, 0.2) is 60.7 Å². The van der Waals surface area contributed by atoms with E-state index in [4.69, 9.17) is 4.74 Å². The summed E-state index contributed by atoms with van der Waals surface area (Å²) in [6.07, 6.45) is 0.177. The number of ether oxygens (including phenoxy) is 1. The van der Waals surface area contributed by atoms with Crippen LogP contribution in [0.5, 0.6) is 5.75 Å². The van der Waals surface area contributed by atoms with Gasteiger partial charge in [-0.1, -0.05) is 24.3 Å². The highest BCUT2D eigenvalue weighted by atomic mass is 16.5. The topological polar surface area (TPSA) is 71.5 Å². The summed E-state index contributed by atoms with van der Waals surface area (Å²) < 4.78 is 5.21. The van der Waals surface area contributed by atoms with Crippen LogP contribution in [0.4, 0.5) is 11.5 Å². The Morgan fingerprint density at radius 3 is 2.85 bits per heavy atom. The van der Waals surface area contributed by atoms with Gasteiger partial charge in [0.05, 0.1) is 18.5 Å². The molecule has 0 spiro atoms. The molecule has 4 rings (SSSR count). The zero-order chi connectivity index (χ0) is 18.8. The van der Waals surface area contributed by atoms with Crippen molar-refractivity contribution in [1.82, 2.24) is 4.98 Å². The van der Waals surface area contributed by atoms with E-state index in [-0.39, 0.29) is 18.2 Å². The molecule has 2 aromatic carbocycles. The van der Waals surface area contributed by atoms with E-state index in [1.165, 1.54) is 0 Å². The van der Waals surface area contributed by atoms with Crippen molar-refractivity contribution < 1.29 is 14.3 Å². The summed E-state index contributed by atoms with van der Waals surface area (Å²) in [6.45, 7) is 0.339. The van der Waals surface area contributed by atoms with E-state index in [0.717, 1.165) is 16.6 Å². The van der Waals surface area contributed by atoms with Gasteiger partial charge in [-0.25, -0.2) is 4.98 Å². The lowest BCUT2D eigenvalue weighted by Gasteiger charge is -2.17. The number of aromatic nitrogens is 1. The van der Waals surface area contributed by atoms with Crippen molar-refractivity contribution in [3.05, 3.63) is 60.7 Å². The summed E-state index contributed by atoms with van der Waals surface area (Å²) in [5, 5.41) is 3.85. The maximum Gasteiger partial charge on any atom is 0.230 e. The van der Waals surface area contributed by atoms with Gasteiger partial charge in [-0.05, 0) is 30.3 Å². The molecule has 1 N–H and O–H groups in total. The first-order chi connectivity index (χ1) is 13.1. The van der Waals surface area contributed by atoms with Gasteiger partial charge in [0.15, 0.2) is 0 Å². The second kappa shape index (κ2) is 7.07. The molecule has 1 fully saturated rings. The summed E-state index contributed by atoms with van der Waals surface area (Å²) in [6, 6.07) is 18.7. The molecule has 1 atom stereocenters. The lowest BCUT2D eigenvalue weighted by Crippen LogP contribution is -2.28. The van der Waals surface area contributed by atoms with E-state index in [1.807, 2.05) is 48.5 Å². The van der Waals surface area contributed by atoms with E-state index in [2.05, 4.69) is 10.3 Å². The molecule has 0 aliphatic carbocycles. The van der Waals surface area contributed by atoms with Crippen molar-refractivity contribution in [2.24, 2.45) is 5.92 Å². The van der Waals surface area contributed by atoms with Crippen LogP contribution in [0.2, 0.25) is 0 Å². The van der Waals surface area contributed by atoms with Crippen LogP contribution in [-0.2, 0) is 9.59 Å². The number of methoxy groups -OCH3 is 1. The number of para-hydroxylation sites is 1. The molecule has 1 aliphatic heterocycles. The molecule has 0 unspecified atom stereocenters. The second-order valence-corrected chi connectivity index (χ2v) is 6.49. The number of anilines is 2. The first kappa shape index (κ1) is 17.0. The number of hydrogen-bond donors (Lipinski definition) is 1. The maximum atomic E-state index is 12.6. The monoisotopic (exact) mass is 361 g/mol. The number of nitrogens with zero attached hydrogens (tertiary/aromatic N) is 2. The number of carbonyl (C=O) groups is 2. The van der Waals surface area contributed by atoms with Gasteiger partial charge in [0, 0.05) is 30.1 Å². The minimum absolute atomic E-state index is 0.0742. The Bertz CT molecular complexity index is 1020. The predicted octanol–water partition coefficient (Wildman–Crippen LogP) is 3.24. The number of benzene rings is 2. The lowest BCUT2D eigenvalue weighted by molar-refractivity contribution is -0.122. The highest BCUT2D eigenvalue weighted by Gasteiger charge is 2.35. The number of carbonyl (C=O) groups excluding carboxylic acids is 2. The molecule has 136 valence electrons. The Balaban J connectivity index is 1.48. The first-order valence-electron chi connectivity index (χ1n) is 8.75. The van der Waals surface area contributed by atoms with Gasteiger partial charge in [-0.3, -0.25) is 9.59 Å². The van der Waals surface area contributed by atoms with Gasteiger partial charge < -0.3 is 15.0 Å². The Kier molecular flexibility index (Phi) is 4.46. The molecule has 3 aromatic rings. The average molecular weight is 361 g/mol. The van der Waals surface area contributed by atoms with Crippen LogP contribution in [-0.4, -0.2) is 30.5 Å². The summed E-state index contributed by atoms with van der Waals surface area (Å²) in [7, 11) is 1.58. The van der Waals surface area contributed by atoms with E-state index in [9.17, 15) is 9.59 Å². The van der Waals surface area contributed by atoms with Crippen LogP contribution in [0.25, 0.3) is 10.9 Å². The van der Waals surface area contributed by atoms with Crippen LogP contribution in [0.1, 0.15) is 6.42 Å². The highest BCUT2D eigenvalue weighted by Crippen LogP contribution is 2.28. The van der Waals surface area contributed by atoms with Crippen molar-refractivity contribution in [3.63, 3.8) is 0 Å². The third-order valence-electron chi connectivity index (χ3n) is 4.71. The molecular weight excluding hydrogens is 342 g/mol. The van der Waals surface area contributed by atoms with Crippen LogP contribution < -0.4 is 15.0 Å². The quantitative estimate of drug-likeness (QED) is 0.774. The summed E-state index contributed by atoms with van der Waals surface area (Å²) in [4.78, 5) is 31.1. The van der Waals surface area contributed by atoms with Crippen LogP contribution >= 0.6 is 0 Å². The van der Waals surface area contributed by atoms with Gasteiger partial charge in [-0.15, -0.1) is 0 Å². The fraction of sp³-hybridized carbons (Fsp3) is 0.190. The highest BCUT2D eigenvalue weighted by molar-refractivity contribution is 6.03. The van der Waals surface area contributed by atoms with Gasteiger partial charge in [0.25, 0.3) is 0 Å². The zero-order valence-corrected chi connectivity index (χ0v) is 14.9. The van der Waals surface area contributed by atoms with Gasteiger partial charge >= 0.3 is 0 Å². The fourth-order valence-corrected chi connectivity index (χ4v) is 3.28. The fourth-order valence-electron chi connectivity index (χ4n) is 3.28. The van der Waals surface area contributed by atoms with E-state index < -0.39 is 5.92 Å². The van der Waals surface area contributed by atoms with E-state index in [1.54, 1.807) is 24.1 Å². The van der Waals surface area contributed by atoms with Crippen molar-refractivity contribution in [2.45, 2.75) is 6.42 Å². The third-order valence-corrected chi connectivity index (χ3v) is 4.71. The molecule has 6 nitrogen and oxygen atoms in total. The second-order valence-electron chi connectivity index (χ2n) is 6.49. The van der Waals surface area contributed by atoms with Crippen LogP contribution in [0, 0.1) is 5.92 Å². The van der Waals surface area contributed by atoms with E-state index in [0.29, 0.717) is 18.1 Å². The number of nitrogens with one attached hydrogen (secondary N) is 1.